The van der Waals surface area contributed by atoms with Crippen molar-refractivity contribution in [3.8, 4) is 5.75 Å². The minimum absolute atomic E-state index is 0. The molecule has 3 heterocycles. The number of hydrogen-bond donors (Lipinski definition) is 1. The average molecular weight is 483 g/mol. The van der Waals surface area contributed by atoms with E-state index in [1.54, 1.807) is 0 Å². The number of aliphatic hydroxyl groups excluding tert-OH is 1. The fourth-order valence-corrected chi connectivity index (χ4v) is 3.87. The minimum Gasteiger partial charge on any atom is -0.491 e. The quantitative estimate of drug-likeness (QED) is 0.572. The van der Waals surface area contributed by atoms with E-state index in [2.05, 4.69) is 19.8 Å². The molecule has 1 aliphatic heterocycles. The van der Waals surface area contributed by atoms with Gasteiger partial charge in [-0.3, -0.25) is 4.90 Å². The molecular weight excluding hydrogens is 457 g/mol. The highest BCUT2D eigenvalue weighted by Crippen LogP contribution is 2.31. The van der Waals surface area contributed by atoms with E-state index < -0.39 is 18.0 Å². The third-order valence-electron chi connectivity index (χ3n) is 5.43. The second-order valence-corrected chi connectivity index (χ2v) is 7.81. The second-order valence-electron chi connectivity index (χ2n) is 7.81. The molecule has 1 fully saturated rings. The van der Waals surface area contributed by atoms with Crippen molar-refractivity contribution >= 4 is 29.1 Å². The fourth-order valence-electron chi connectivity index (χ4n) is 3.87. The van der Waals surface area contributed by atoms with E-state index in [-0.39, 0.29) is 24.5 Å². The maximum atomic E-state index is 13.0. The van der Waals surface area contributed by atoms with Gasteiger partial charge in [-0.1, -0.05) is 18.2 Å². The maximum Gasteiger partial charge on any atom is 0.433 e. The number of nitrogens with zero attached hydrogens (tertiary/aromatic N) is 4. The number of anilines is 1. The van der Waals surface area contributed by atoms with E-state index in [4.69, 9.17) is 4.74 Å². The summed E-state index contributed by atoms with van der Waals surface area (Å²) in [5.74, 6) is 1.36. The van der Waals surface area contributed by atoms with Gasteiger partial charge in [0.05, 0.1) is 5.52 Å². The molecule has 178 valence electrons. The lowest BCUT2D eigenvalue weighted by Crippen LogP contribution is -2.38. The number of hydrogen-bond acceptors (Lipinski definition) is 6. The van der Waals surface area contributed by atoms with Crippen LogP contribution < -0.4 is 9.64 Å². The first-order chi connectivity index (χ1) is 15.4. The summed E-state index contributed by atoms with van der Waals surface area (Å²) in [4.78, 5) is 12.5. The minimum atomic E-state index is -4.48. The number of benzene rings is 1. The van der Waals surface area contributed by atoms with Gasteiger partial charge in [0.1, 0.15) is 30.0 Å². The molecule has 1 saturated heterocycles. The molecule has 0 bridgehead atoms. The molecule has 6 nitrogen and oxygen atoms in total. The van der Waals surface area contributed by atoms with Crippen molar-refractivity contribution in [2.24, 2.45) is 0 Å². The second kappa shape index (κ2) is 11.0. The van der Waals surface area contributed by atoms with E-state index in [9.17, 15) is 18.3 Å². The maximum absolute atomic E-state index is 13.0. The topological polar surface area (TPSA) is 61.7 Å². The third-order valence-corrected chi connectivity index (χ3v) is 5.43. The molecule has 4 rings (SSSR count). The van der Waals surface area contributed by atoms with Gasteiger partial charge < -0.3 is 14.7 Å². The Morgan fingerprint density at radius 3 is 2.55 bits per heavy atom. The van der Waals surface area contributed by atoms with Crippen LogP contribution in [0.3, 0.4) is 0 Å². The number of pyridine rings is 2. The number of rotatable bonds is 6. The zero-order valence-corrected chi connectivity index (χ0v) is 18.7. The zero-order chi connectivity index (χ0) is 22.6. The van der Waals surface area contributed by atoms with Gasteiger partial charge in [0.25, 0.3) is 0 Å². The molecule has 0 spiro atoms. The number of aromatic nitrogens is 2. The van der Waals surface area contributed by atoms with Crippen LogP contribution in [-0.4, -0.2) is 65.4 Å². The summed E-state index contributed by atoms with van der Waals surface area (Å²) < 4.78 is 44.6. The molecule has 1 aliphatic rings. The molecule has 1 atom stereocenters. The predicted molar refractivity (Wildman–Crippen MR) is 123 cm³/mol. The van der Waals surface area contributed by atoms with E-state index in [1.807, 2.05) is 30.3 Å². The summed E-state index contributed by atoms with van der Waals surface area (Å²) in [5, 5.41) is 11.0. The van der Waals surface area contributed by atoms with Crippen molar-refractivity contribution in [2.45, 2.75) is 18.7 Å². The zero-order valence-electron chi connectivity index (χ0n) is 17.9. The SMILES string of the molecule is Cl.OC(COc1ccccc1)CN1CCCN(c2nccc3nc(C(F)(F)F)ccc23)CC1. The van der Waals surface area contributed by atoms with Crippen LogP contribution in [-0.2, 0) is 6.18 Å². The van der Waals surface area contributed by atoms with Crippen molar-refractivity contribution in [3.05, 3.63) is 60.4 Å². The molecule has 0 saturated carbocycles. The number of β-amino-alcohol motifs (C(OH)–C–C–N with tert-alkyl or cyclic N) is 1. The number of halogens is 4. The fraction of sp³-hybridized carbons (Fsp3) is 0.391. The van der Waals surface area contributed by atoms with Crippen LogP contribution in [0.4, 0.5) is 19.0 Å². The van der Waals surface area contributed by atoms with Gasteiger partial charge in [-0.05, 0) is 43.3 Å². The summed E-state index contributed by atoms with van der Waals surface area (Å²) in [6.07, 6.45) is -2.76. The van der Waals surface area contributed by atoms with Gasteiger partial charge in [-0.15, -0.1) is 12.4 Å². The molecule has 33 heavy (non-hydrogen) atoms. The summed E-state index contributed by atoms with van der Waals surface area (Å²) >= 11 is 0. The predicted octanol–water partition coefficient (Wildman–Crippen LogP) is 4.02. The van der Waals surface area contributed by atoms with Crippen molar-refractivity contribution in [3.63, 3.8) is 0 Å². The molecule has 2 aromatic heterocycles. The Labute approximate surface area is 196 Å². The molecular formula is C23H26ClF3N4O2. The Bertz CT molecular complexity index is 1040. The number of aliphatic hydroxyl groups is 1. The highest BCUT2D eigenvalue weighted by atomic mass is 35.5. The molecule has 10 heteroatoms. The van der Waals surface area contributed by atoms with E-state index in [0.29, 0.717) is 30.8 Å². The van der Waals surface area contributed by atoms with Crippen LogP contribution in [0.1, 0.15) is 12.1 Å². The Hall–Kier alpha value is -2.62. The molecule has 1 unspecified atom stereocenters. The molecule has 1 aromatic carbocycles. The summed E-state index contributed by atoms with van der Waals surface area (Å²) in [6, 6.07) is 13.3. The first-order valence-corrected chi connectivity index (χ1v) is 10.6. The monoisotopic (exact) mass is 482 g/mol. The normalized spacial score (nSPS) is 16.2. The van der Waals surface area contributed by atoms with Crippen LogP contribution in [0.2, 0.25) is 0 Å². The Kier molecular flexibility index (Phi) is 8.34. The van der Waals surface area contributed by atoms with E-state index >= 15 is 0 Å². The number of alkyl halides is 3. The lowest BCUT2D eigenvalue weighted by atomic mass is 10.2. The summed E-state index contributed by atoms with van der Waals surface area (Å²) in [5.41, 5.74) is -0.629. The first-order valence-electron chi connectivity index (χ1n) is 10.6. The van der Waals surface area contributed by atoms with Crippen LogP contribution >= 0.6 is 12.4 Å². The first kappa shape index (κ1) is 25.0. The van der Waals surface area contributed by atoms with Gasteiger partial charge in [-0.2, -0.15) is 13.2 Å². The van der Waals surface area contributed by atoms with Gasteiger partial charge in [0.15, 0.2) is 0 Å². The largest absolute Gasteiger partial charge is 0.491 e. The van der Waals surface area contributed by atoms with Crippen molar-refractivity contribution in [1.29, 1.82) is 0 Å². The Morgan fingerprint density at radius 1 is 1.00 bits per heavy atom. The van der Waals surface area contributed by atoms with Crippen LogP contribution in [0.5, 0.6) is 5.75 Å². The number of fused-ring (bicyclic) bond motifs is 1. The van der Waals surface area contributed by atoms with Gasteiger partial charge in [0, 0.05) is 37.8 Å². The highest BCUT2D eigenvalue weighted by Gasteiger charge is 2.32. The van der Waals surface area contributed by atoms with Crippen LogP contribution in [0.25, 0.3) is 10.9 Å². The van der Waals surface area contributed by atoms with Gasteiger partial charge in [0.2, 0.25) is 0 Å². The highest BCUT2D eigenvalue weighted by molar-refractivity contribution is 5.89. The summed E-state index contributed by atoms with van der Waals surface area (Å²) in [6.45, 7) is 3.58. The van der Waals surface area contributed by atoms with Gasteiger partial charge in [-0.25, -0.2) is 9.97 Å². The van der Waals surface area contributed by atoms with Crippen molar-refractivity contribution < 1.29 is 23.0 Å². The van der Waals surface area contributed by atoms with E-state index in [1.165, 1.54) is 18.3 Å². The van der Waals surface area contributed by atoms with Gasteiger partial charge >= 0.3 is 6.18 Å². The molecule has 0 aliphatic carbocycles. The Morgan fingerprint density at radius 2 is 1.79 bits per heavy atom. The summed E-state index contributed by atoms with van der Waals surface area (Å²) in [7, 11) is 0. The molecule has 0 amide bonds. The van der Waals surface area contributed by atoms with E-state index in [0.717, 1.165) is 31.3 Å². The molecule has 0 radical (unpaired) electrons. The van der Waals surface area contributed by atoms with Crippen molar-refractivity contribution in [2.75, 3.05) is 44.2 Å². The van der Waals surface area contributed by atoms with Crippen LogP contribution in [0.15, 0.2) is 54.7 Å². The number of para-hydroxylation sites is 1. The lowest BCUT2D eigenvalue weighted by molar-refractivity contribution is -0.140. The standard InChI is InChI=1S/C23H25F3N4O2.ClH/c24-23(25,26)21-8-7-19-20(28-21)9-10-27-22(19)30-12-4-11-29(13-14-30)15-17(31)16-32-18-5-2-1-3-6-18;/h1-3,5-10,17,31H,4,11-16H2;1H. The lowest BCUT2D eigenvalue weighted by Gasteiger charge is -2.25. The molecule has 3 aromatic rings. The third kappa shape index (κ3) is 6.46. The van der Waals surface area contributed by atoms with Crippen LogP contribution in [0, 0.1) is 0 Å². The number of ether oxygens (including phenoxy) is 1. The molecule has 1 N–H and O–H groups in total. The van der Waals surface area contributed by atoms with Crippen molar-refractivity contribution in [1.82, 2.24) is 14.9 Å². The smallest absolute Gasteiger partial charge is 0.433 e. The Balaban J connectivity index is 0.00000306. The average Bonchev–Trinajstić information content (AvgIpc) is 3.02.